The van der Waals surface area contributed by atoms with Crippen molar-refractivity contribution in [3.8, 4) is 5.75 Å². The number of carbonyl (C=O) groups excluding carboxylic acids is 1. The Morgan fingerprint density at radius 1 is 1.33 bits per heavy atom. The highest BCUT2D eigenvalue weighted by Gasteiger charge is 2.35. The number of nitrogens with zero attached hydrogens (tertiary/aromatic N) is 2. The summed E-state index contributed by atoms with van der Waals surface area (Å²) < 4.78 is 5.93. The van der Waals surface area contributed by atoms with Crippen molar-refractivity contribution in [2.24, 2.45) is 0 Å². The number of benzene rings is 1. The van der Waals surface area contributed by atoms with Crippen molar-refractivity contribution >= 4 is 34.8 Å². The first-order valence-electron chi connectivity index (χ1n) is 10.4. The lowest BCUT2D eigenvalue weighted by Gasteiger charge is -2.42. The van der Waals surface area contributed by atoms with Crippen molar-refractivity contribution in [2.75, 3.05) is 11.4 Å². The molecule has 1 aliphatic rings. The Balaban J connectivity index is 1.64. The zero-order valence-corrected chi connectivity index (χ0v) is 19.2. The van der Waals surface area contributed by atoms with Crippen molar-refractivity contribution in [3.63, 3.8) is 0 Å². The molecule has 0 aliphatic carbocycles. The van der Waals surface area contributed by atoms with Gasteiger partial charge in [0.25, 0.3) is 5.91 Å². The number of amides is 1. The number of hydrogen-bond donors (Lipinski definition) is 1. The summed E-state index contributed by atoms with van der Waals surface area (Å²) in [4.78, 5) is 19.7. The Bertz CT molecular complexity index is 861. The molecule has 30 heavy (non-hydrogen) atoms. The van der Waals surface area contributed by atoms with Crippen molar-refractivity contribution in [3.05, 3.63) is 52.8 Å². The lowest BCUT2D eigenvalue weighted by molar-refractivity contribution is -0.135. The van der Waals surface area contributed by atoms with Crippen LogP contribution in [0, 0.1) is 0 Å². The molecule has 2 aromatic rings. The van der Waals surface area contributed by atoms with E-state index in [-0.39, 0.29) is 11.9 Å². The molecule has 1 saturated heterocycles. The van der Waals surface area contributed by atoms with Gasteiger partial charge in [0.15, 0.2) is 5.60 Å². The highest BCUT2D eigenvalue weighted by atomic mass is 35.5. The van der Waals surface area contributed by atoms with Crippen LogP contribution in [0.25, 0.3) is 0 Å². The van der Waals surface area contributed by atoms with Gasteiger partial charge in [-0.15, -0.1) is 0 Å². The van der Waals surface area contributed by atoms with Crippen LogP contribution < -0.4 is 15.0 Å². The summed E-state index contributed by atoms with van der Waals surface area (Å²) in [6, 6.07) is 9.52. The minimum atomic E-state index is -1.06. The van der Waals surface area contributed by atoms with Crippen LogP contribution >= 0.6 is 23.2 Å². The number of carbonyl (C=O) groups is 1. The van der Waals surface area contributed by atoms with Gasteiger partial charge in [-0.1, -0.05) is 36.5 Å². The third-order valence-electron chi connectivity index (χ3n) is 5.46. The average molecular weight is 450 g/mol. The average Bonchev–Trinajstić information content (AvgIpc) is 2.71. The number of rotatable bonds is 7. The fraction of sp³-hybridized carbons (Fsp3) is 0.478. The van der Waals surface area contributed by atoms with Crippen LogP contribution in [0.4, 0.5) is 5.69 Å². The first kappa shape index (κ1) is 22.7. The molecular weight excluding hydrogens is 421 g/mol. The Morgan fingerprint density at radius 2 is 2.13 bits per heavy atom. The molecule has 1 aromatic heterocycles. The highest BCUT2D eigenvalue weighted by Crippen LogP contribution is 2.31. The summed E-state index contributed by atoms with van der Waals surface area (Å²) in [6.07, 6.45) is 7.63. The fourth-order valence-electron chi connectivity index (χ4n) is 3.89. The molecule has 2 atom stereocenters. The van der Waals surface area contributed by atoms with E-state index in [1.807, 2.05) is 12.3 Å². The van der Waals surface area contributed by atoms with Crippen molar-refractivity contribution in [2.45, 2.75) is 64.1 Å². The molecule has 3 rings (SSSR count). The normalized spacial score (nSPS) is 19.4. The molecule has 1 aliphatic heterocycles. The second-order valence-corrected chi connectivity index (χ2v) is 9.07. The first-order chi connectivity index (χ1) is 14.3. The number of nitrogens with one attached hydrogen (secondary N) is 1. The van der Waals surface area contributed by atoms with E-state index >= 15 is 0 Å². The molecule has 1 aromatic carbocycles. The molecule has 0 bridgehead atoms. The second-order valence-electron chi connectivity index (χ2n) is 8.23. The molecular formula is C23H29Cl2N3O2. The molecule has 1 N–H and O–H groups in total. The minimum absolute atomic E-state index is 0.102. The van der Waals surface area contributed by atoms with Gasteiger partial charge in [0, 0.05) is 29.8 Å². The first-order valence-corrected chi connectivity index (χ1v) is 11.2. The van der Waals surface area contributed by atoms with Gasteiger partial charge in [0.2, 0.25) is 0 Å². The van der Waals surface area contributed by atoms with Crippen molar-refractivity contribution in [1.82, 2.24) is 10.3 Å². The summed E-state index contributed by atoms with van der Waals surface area (Å²) in [5.74, 6) is 0.292. The highest BCUT2D eigenvalue weighted by molar-refractivity contribution is 6.35. The largest absolute Gasteiger partial charge is 0.476 e. The van der Waals surface area contributed by atoms with E-state index in [0.29, 0.717) is 21.8 Å². The van der Waals surface area contributed by atoms with Crippen LogP contribution in [0.2, 0.25) is 10.0 Å². The molecule has 5 nitrogen and oxygen atoms in total. The molecule has 1 fully saturated rings. The number of pyridine rings is 1. The number of piperidine rings is 1. The van der Waals surface area contributed by atoms with E-state index in [1.54, 1.807) is 38.2 Å². The Hall–Kier alpha value is -1.98. The van der Waals surface area contributed by atoms with Crippen LogP contribution in [0.1, 0.15) is 46.5 Å². The lowest BCUT2D eigenvalue weighted by Crippen LogP contribution is -2.55. The molecule has 0 spiro atoms. The molecule has 162 valence electrons. The molecule has 7 heteroatoms. The summed E-state index contributed by atoms with van der Waals surface area (Å²) >= 11 is 12.2. The lowest BCUT2D eigenvalue weighted by atomic mass is 9.92. The van der Waals surface area contributed by atoms with E-state index < -0.39 is 5.60 Å². The standard InChI is InChI=1S/C23H29Cl2N3O2/c1-4-6-18-14-17(10-12-28(18)19-7-5-11-26-15-19)27-22(29)23(2,3)30-21-9-8-16(24)13-20(21)25/h5,7-9,11,13,15,17-18H,4,6,10,12,14H2,1-3H3,(H,27,29). The number of anilines is 1. The molecule has 0 radical (unpaired) electrons. The third-order valence-corrected chi connectivity index (χ3v) is 5.99. The zero-order chi connectivity index (χ0) is 21.7. The summed E-state index contributed by atoms with van der Waals surface area (Å²) in [6.45, 7) is 6.57. The summed E-state index contributed by atoms with van der Waals surface area (Å²) in [5.41, 5.74) is 0.0832. The van der Waals surface area contributed by atoms with Gasteiger partial charge < -0.3 is 15.0 Å². The van der Waals surface area contributed by atoms with Gasteiger partial charge in [-0.25, -0.2) is 0 Å². The van der Waals surface area contributed by atoms with E-state index in [1.165, 1.54) is 0 Å². The maximum atomic E-state index is 13.0. The SMILES string of the molecule is CCCC1CC(NC(=O)C(C)(C)Oc2ccc(Cl)cc2Cl)CCN1c1cccnc1. The minimum Gasteiger partial charge on any atom is -0.476 e. The predicted molar refractivity (Wildman–Crippen MR) is 123 cm³/mol. The van der Waals surface area contributed by atoms with E-state index in [9.17, 15) is 4.79 Å². The van der Waals surface area contributed by atoms with Gasteiger partial charge in [-0.2, -0.15) is 0 Å². The topological polar surface area (TPSA) is 54.5 Å². The van der Waals surface area contributed by atoms with Crippen LogP contribution in [0.15, 0.2) is 42.7 Å². The fourth-order valence-corrected chi connectivity index (χ4v) is 4.34. The number of aromatic nitrogens is 1. The zero-order valence-electron chi connectivity index (χ0n) is 17.7. The summed E-state index contributed by atoms with van der Waals surface area (Å²) in [5, 5.41) is 4.11. The van der Waals surface area contributed by atoms with Gasteiger partial charge in [0.05, 0.1) is 16.9 Å². The van der Waals surface area contributed by atoms with Gasteiger partial charge in [0.1, 0.15) is 5.75 Å². The predicted octanol–water partition coefficient (Wildman–Crippen LogP) is 5.50. The molecule has 2 heterocycles. The smallest absolute Gasteiger partial charge is 0.263 e. The number of hydrogen-bond acceptors (Lipinski definition) is 4. The monoisotopic (exact) mass is 449 g/mol. The maximum absolute atomic E-state index is 13.0. The van der Waals surface area contributed by atoms with Crippen LogP contribution in [-0.4, -0.2) is 35.1 Å². The van der Waals surface area contributed by atoms with Crippen molar-refractivity contribution in [1.29, 1.82) is 0 Å². The quantitative estimate of drug-likeness (QED) is 0.605. The second kappa shape index (κ2) is 9.88. The molecule has 1 amide bonds. The Morgan fingerprint density at radius 3 is 2.80 bits per heavy atom. The van der Waals surface area contributed by atoms with Crippen LogP contribution in [0.3, 0.4) is 0 Å². The molecule has 0 saturated carbocycles. The van der Waals surface area contributed by atoms with Gasteiger partial charge in [-0.05, 0) is 63.4 Å². The number of ether oxygens (including phenoxy) is 1. The number of halogens is 2. The molecule has 2 unspecified atom stereocenters. The maximum Gasteiger partial charge on any atom is 0.263 e. The van der Waals surface area contributed by atoms with E-state index in [0.717, 1.165) is 37.9 Å². The van der Waals surface area contributed by atoms with Gasteiger partial charge in [-0.3, -0.25) is 9.78 Å². The third kappa shape index (κ3) is 5.58. The van der Waals surface area contributed by atoms with E-state index in [4.69, 9.17) is 27.9 Å². The van der Waals surface area contributed by atoms with Crippen molar-refractivity contribution < 1.29 is 9.53 Å². The Kier molecular flexibility index (Phi) is 7.48. The van der Waals surface area contributed by atoms with E-state index in [2.05, 4.69) is 28.2 Å². The summed E-state index contributed by atoms with van der Waals surface area (Å²) in [7, 11) is 0. The van der Waals surface area contributed by atoms with Crippen LogP contribution in [-0.2, 0) is 4.79 Å². The van der Waals surface area contributed by atoms with Crippen LogP contribution in [0.5, 0.6) is 5.75 Å². The van der Waals surface area contributed by atoms with Gasteiger partial charge >= 0.3 is 0 Å². The Labute approximate surface area is 188 Å².